The van der Waals surface area contributed by atoms with Gasteiger partial charge in [0.05, 0.1) is 0 Å². The third kappa shape index (κ3) is 3.58. The standard InChI is InChI=1S/C14H16BrNO4/c1-8-6-10(15)3-2-9(8)7-16-13(17)11-4-5-12(20-11)14(18)19/h2-3,6,11-12H,4-5,7H2,1H3,(H,16,17)(H,18,19)/t11-,12+/m0/s1. The SMILES string of the molecule is Cc1cc(Br)ccc1CNC(=O)[C@@H]1CC[C@H](C(=O)O)O1. The maximum absolute atomic E-state index is 11.9. The van der Waals surface area contributed by atoms with Crippen molar-refractivity contribution in [2.24, 2.45) is 0 Å². The number of carbonyl (C=O) groups is 2. The van der Waals surface area contributed by atoms with E-state index in [-0.39, 0.29) is 5.91 Å². The predicted molar refractivity (Wildman–Crippen MR) is 76.3 cm³/mol. The lowest BCUT2D eigenvalue weighted by molar-refractivity contribution is -0.151. The molecule has 0 bridgehead atoms. The molecule has 2 N–H and O–H groups in total. The van der Waals surface area contributed by atoms with Gasteiger partial charge in [0.25, 0.3) is 0 Å². The fraction of sp³-hybridized carbons (Fsp3) is 0.429. The van der Waals surface area contributed by atoms with Crippen molar-refractivity contribution in [3.05, 3.63) is 33.8 Å². The molecule has 1 fully saturated rings. The average Bonchev–Trinajstić information content (AvgIpc) is 2.87. The number of carbonyl (C=O) groups excluding carboxylic acids is 1. The summed E-state index contributed by atoms with van der Waals surface area (Å²) < 4.78 is 6.20. The topological polar surface area (TPSA) is 75.6 Å². The molecule has 1 aromatic rings. The first-order chi connectivity index (χ1) is 9.47. The summed E-state index contributed by atoms with van der Waals surface area (Å²) in [6, 6.07) is 5.84. The van der Waals surface area contributed by atoms with E-state index in [2.05, 4.69) is 21.2 Å². The fourth-order valence-corrected chi connectivity index (χ4v) is 2.64. The number of hydrogen-bond donors (Lipinski definition) is 2. The van der Waals surface area contributed by atoms with Gasteiger partial charge in [0.15, 0.2) is 6.10 Å². The Morgan fingerprint density at radius 2 is 2.10 bits per heavy atom. The second-order valence-corrected chi connectivity index (χ2v) is 5.73. The van der Waals surface area contributed by atoms with Crippen LogP contribution in [-0.2, 0) is 20.9 Å². The second kappa shape index (κ2) is 6.37. The van der Waals surface area contributed by atoms with Crippen molar-refractivity contribution in [1.82, 2.24) is 5.32 Å². The summed E-state index contributed by atoms with van der Waals surface area (Å²) >= 11 is 3.39. The summed E-state index contributed by atoms with van der Waals surface area (Å²) in [7, 11) is 0. The van der Waals surface area contributed by atoms with Crippen LogP contribution in [0.1, 0.15) is 24.0 Å². The third-order valence-electron chi connectivity index (χ3n) is 3.35. The Kier molecular flexibility index (Phi) is 4.77. The first-order valence-electron chi connectivity index (χ1n) is 6.38. The van der Waals surface area contributed by atoms with Crippen molar-refractivity contribution in [2.75, 3.05) is 0 Å². The smallest absolute Gasteiger partial charge is 0.332 e. The second-order valence-electron chi connectivity index (χ2n) is 4.82. The number of aliphatic carboxylic acids is 1. The lowest BCUT2D eigenvalue weighted by Crippen LogP contribution is -2.35. The third-order valence-corrected chi connectivity index (χ3v) is 3.84. The Labute approximate surface area is 125 Å². The van der Waals surface area contributed by atoms with E-state index in [0.29, 0.717) is 19.4 Å². The number of rotatable bonds is 4. The van der Waals surface area contributed by atoms with Gasteiger partial charge in [0.2, 0.25) is 5.91 Å². The van der Waals surface area contributed by atoms with E-state index < -0.39 is 18.2 Å². The van der Waals surface area contributed by atoms with Crippen LogP contribution in [0.5, 0.6) is 0 Å². The van der Waals surface area contributed by atoms with Crippen LogP contribution in [0.25, 0.3) is 0 Å². The van der Waals surface area contributed by atoms with E-state index in [4.69, 9.17) is 9.84 Å². The van der Waals surface area contributed by atoms with Crippen LogP contribution in [0.15, 0.2) is 22.7 Å². The Morgan fingerprint density at radius 1 is 1.40 bits per heavy atom. The maximum Gasteiger partial charge on any atom is 0.332 e. The first kappa shape index (κ1) is 15.0. The van der Waals surface area contributed by atoms with Gasteiger partial charge in [0.1, 0.15) is 6.10 Å². The number of ether oxygens (including phenoxy) is 1. The van der Waals surface area contributed by atoms with Crippen LogP contribution in [0.4, 0.5) is 0 Å². The summed E-state index contributed by atoms with van der Waals surface area (Å²) in [6.07, 6.45) is -0.695. The Balaban J connectivity index is 1.88. The van der Waals surface area contributed by atoms with Gasteiger partial charge < -0.3 is 15.2 Å². The molecule has 20 heavy (non-hydrogen) atoms. The Bertz CT molecular complexity index is 532. The van der Waals surface area contributed by atoms with Gasteiger partial charge in [-0.1, -0.05) is 22.0 Å². The highest BCUT2D eigenvalue weighted by Gasteiger charge is 2.34. The summed E-state index contributed by atoms with van der Waals surface area (Å²) in [5.74, 6) is -1.26. The molecule has 5 nitrogen and oxygen atoms in total. The number of carboxylic acid groups (broad SMARTS) is 1. The molecule has 1 saturated heterocycles. The van der Waals surface area contributed by atoms with Crippen LogP contribution in [0, 0.1) is 6.92 Å². The number of carboxylic acids is 1. The van der Waals surface area contributed by atoms with Gasteiger partial charge in [-0.25, -0.2) is 4.79 Å². The highest BCUT2D eigenvalue weighted by atomic mass is 79.9. The molecule has 0 spiro atoms. The van der Waals surface area contributed by atoms with E-state index >= 15 is 0 Å². The van der Waals surface area contributed by atoms with Crippen LogP contribution >= 0.6 is 15.9 Å². The van der Waals surface area contributed by atoms with Crippen LogP contribution in [0.2, 0.25) is 0 Å². The van der Waals surface area contributed by atoms with Gasteiger partial charge in [-0.05, 0) is 43.0 Å². The highest BCUT2D eigenvalue weighted by Crippen LogP contribution is 2.20. The summed E-state index contributed by atoms with van der Waals surface area (Å²) in [5.41, 5.74) is 2.10. The molecule has 2 atom stereocenters. The molecule has 1 aliphatic heterocycles. The lowest BCUT2D eigenvalue weighted by atomic mass is 10.1. The zero-order valence-electron chi connectivity index (χ0n) is 11.1. The lowest BCUT2D eigenvalue weighted by Gasteiger charge is -2.13. The van der Waals surface area contributed by atoms with Crippen molar-refractivity contribution in [3.8, 4) is 0 Å². The molecule has 1 heterocycles. The maximum atomic E-state index is 11.9. The number of amides is 1. The van der Waals surface area contributed by atoms with E-state index in [0.717, 1.165) is 15.6 Å². The number of halogens is 1. The minimum atomic E-state index is -1.01. The molecular formula is C14H16BrNO4. The Morgan fingerprint density at radius 3 is 2.70 bits per heavy atom. The van der Waals surface area contributed by atoms with Crippen LogP contribution in [0.3, 0.4) is 0 Å². The average molecular weight is 342 g/mol. The molecule has 1 aromatic carbocycles. The van der Waals surface area contributed by atoms with Gasteiger partial charge in [-0.2, -0.15) is 0 Å². The quantitative estimate of drug-likeness (QED) is 0.878. The summed E-state index contributed by atoms with van der Waals surface area (Å²) in [4.78, 5) is 22.7. The molecule has 0 aromatic heterocycles. The zero-order chi connectivity index (χ0) is 14.7. The molecular weight excluding hydrogens is 326 g/mol. The molecule has 108 valence electrons. The monoisotopic (exact) mass is 341 g/mol. The molecule has 2 rings (SSSR count). The van der Waals surface area contributed by atoms with Crippen LogP contribution < -0.4 is 5.32 Å². The molecule has 0 unspecified atom stereocenters. The van der Waals surface area contributed by atoms with Gasteiger partial charge in [0, 0.05) is 11.0 Å². The fourth-order valence-electron chi connectivity index (χ4n) is 2.17. The van der Waals surface area contributed by atoms with Crippen molar-refractivity contribution in [3.63, 3.8) is 0 Å². The molecule has 0 saturated carbocycles. The largest absolute Gasteiger partial charge is 0.479 e. The van der Waals surface area contributed by atoms with Crippen molar-refractivity contribution >= 4 is 27.8 Å². The zero-order valence-corrected chi connectivity index (χ0v) is 12.6. The first-order valence-corrected chi connectivity index (χ1v) is 7.17. The highest BCUT2D eigenvalue weighted by molar-refractivity contribution is 9.10. The number of aryl methyl sites for hydroxylation is 1. The minimum absolute atomic E-state index is 0.254. The van der Waals surface area contributed by atoms with E-state index in [1.54, 1.807) is 0 Å². The molecule has 0 radical (unpaired) electrons. The van der Waals surface area contributed by atoms with Gasteiger partial charge in [-0.3, -0.25) is 4.79 Å². The Hall–Kier alpha value is -1.40. The summed E-state index contributed by atoms with van der Waals surface area (Å²) in [5, 5.41) is 11.6. The number of nitrogens with one attached hydrogen (secondary N) is 1. The van der Waals surface area contributed by atoms with Crippen molar-refractivity contribution in [1.29, 1.82) is 0 Å². The van der Waals surface area contributed by atoms with Crippen molar-refractivity contribution < 1.29 is 19.4 Å². The molecule has 1 amide bonds. The molecule has 1 aliphatic rings. The normalized spacial score (nSPS) is 21.7. The van der Waals surface area contributed by atoms with E-state index in [1.165, 1.54) is 0 Å². The predicted octanol–water partition coefficient (Wildman–Crippen LogP) is 2.01. The van der Waals surface area contributed by atoms with E-state index in [1.807, 2.05) is 25.1 Å². The molecule has 6 heteroatoms. The number of benzene rings is 1. The minimum Gasteiger partial charge on any atom is -0.479 e. The van der Waals surface area contributed by atoms with Crippen molar-refractivity contribution in [2.45, 2.75) is 38.5 Å². The molecule has 0 aliphatic carbocycles. The summed E-state index contributed by atoms with van der Waals surface area (Å²) in [6.45, 7) is 2.38. The van der Waals surface area contributed by atoms with Gasteiger partial charge in [-0.15, -0.1) is 0 Å². The van der Waals surface area contributed by atoms with Crippen LogP contribution in [-0.4, -0.2) is 29.2 Å². The van der Waals surface area contributed by atoms with Gasteiger partial charge >= 0.3 is 5.97 Å². The van der Waals surface area contributed by atoms with E-state index in [9.17, 15) is 9.59 Å². The number of hydrogen-bond acceptors (Lipinski definition) is 3.